The number of amides is 2. The minimum absolute atomic E-state index is 0.000993. The SMILES string of the molecule is C[C@]12CCC(=O)N1[C@@H](C(=O)Nc1ccc(Br)cc1F)CS2. The zero-order chi connectivity index (χ0) is 15.2. The molecule has 0 spiro atoms. The van der Waals surface area contributed by atoms with E-state index in [0.29, 0.717) is 16.6 Å². The van der Waals surface area contributed by atoms with E-state index in [1.54, 1.807) is 22.7 Å². The van der Waals surface area contributed by atoms with E-state index >= 15 is 0 Å². The second-order valence-electron chi connectivity index (χ2n) is 5.38. The minimum atomic E-state index is -0.530. The number of rotatable bonds is 2. The second kappa shape index (κ2) is 5.28. The van der Waals surface area contributed by atoms with E-state index in [4.69, 9.17) is 0 Å². The standard InChI is InChI=1S/C14H14BrFN2O2S/c1-14-5-4-12(19)18(14)11(7-21-14)13(20)17-10-3-2-8(15)6-9(10)16/h2-3,6,11H,4-5,7H2,1H3,(H,17,20)/t11-,14+/m1/s1. The van der Waals surface area contributed by atoms with Crippen LogP contribution >= 0.6 is 27.7 Å². The van der Waals surface area contributed by atoms with Crippen molar-refractivity contribution < 1.29 is 14.0 Å². The van der Waals surface area contributed by atoms with E-state index in [0.717, 1.165) is 6.42 Å². The second-order valence-corrected chi connectivity index (χ2v) is 7.80. The lowest BCUT2D eigenvalue weighted by Crippen LogP contribution is -2.48. The number of hydrogen-bond acceptors (Lipinski definition) is 3. The smallest absolute Gasteiger partial charge is 0.248 e. The number of carbonyl (C=O) groups is 2. The third kappa shape index (κ3) is 2.57. The van der Waals surface area contributed by atoms with E-state index in [2.05, 4.69) is 21.2 Å². The van der Waals surface area contributed by atoms with Crippen molar-refractivity contribution in [3.63, 3.8) is 0 Å². The molecule has 0 aromatic heterocycles. The van der Waals surface area contributed by atoms with Crippen molar-refractivity contribution in [1.29, 1.82) is 0 Å². The number of carbonyl (C=O) groups excluding carboxylic acids is 2. The van der Waals surface area contributed by atoms with Gasteiger partial charge in [-0.1, -0.05) is 15.9 Å². The fourth-order valence-corrected chi connectivity index (χ4v) is 4.59. The van der Waals surface area contributed by atoms with Gasteiger partial charge in [-0.05, 0) is 31.5 Å². The number of nitrogens with one attached hydrogen (secondary N) is 1. The van der Waals surface area contributed by atoms with E-state index in [1.165, 1.54) is 12.1 Å². The molecule has 0 aliphatic carbocycles. The quantitative estimate of drug-likeness (QED) is 0.867. The van der Waals surface area contributed by atoms with Gasteiger partial charge in [0.1, 0.15) is 11.9 Å². The summed E-state index contributed by atoms with van der Waals surface area (Å²) >= 11 is 4.79. The third-order valence-corrected chi connectivity index (χ3v) is 5.93. The van der Waals surface area contributed by atoms with E-state index in [-0.39, 0.29) is 22.4 Å². The molecule has 2 amide bonds. The lowest BCUT2D eigenvalue weighted by Gasteiger charge is -2.29. The largest absolute Gasteiger partial charge is 0.322 e. The van der Waals surface area contributed by atoms with Crippen LogP contribution in [0.3, 0.4) is 0 Å². The van der Waals surface area contributed by atoms with E-state index < -0.39 is 11.9 Å². The normalized spacial score (nSPS) is 27.9. The molecule has 2 aliphatic rings. The Morgan fingerprint density at radius 3 is 3.05 bits per heavy atom. The van der Waals surface area contributed by atoms with Crippen LogP contribution < -0.4 is 5.32 Å². The summed E-state index contributed by atoms with van der Waals surface area (Å²) in [7, 11) is 0. The van der Waals surface area contributed by atoms with Crippen LogP contribution in [0.4, 0.5) is 10.1 Å². The molecule has 1 N–H and O–H groups in total. The average Bonchev–Trinajstić information content (AvgIpc) is 2.90. The summed E-state index contributed by atoms with van der Waals surface area (Å²) in [4.78, 5) is 25.7. The van der Waals surface area contributed by atoms with Crippen LogP contribution in [0.15, 0.2) is 22.7 Å². The van der Waals surface area contributed by atoms with Crippen molar-refractivity contribution >= 4 is 45.2 Å². The van der Waals surface area contributed by atoms with Crippen LogP contribution in [0.5, 0.6) is 0 Å². The molecule has 2 atom stereocenters. The van der Waals surface area contributed by atoms with Crippen LogP contribution in [0.25, 0.3) is 0 Å². The number of anilines is 1. The first-order chi connectivity index (χ1) is 9.90. The van der Waals surface area contributed by atoms with Gasteiger partial charge in [0, 0.05) is 16.6 Å². The van der Waals surface area contributed by atoms with Gasteiger partial charge in [-0.2, -0.15) is 0 Å². The van der Waals surface area contributed by atoms with Crippen molar-refractivity contribution in [2.75, 3.05) is 11.1 Å². The Hall–Kier alpha value is -1.08. The maximum atomic E-state index is 13.8. The number of hydrogen-bond donors (Lipinski definition) is 1. The van der Waals surface area contributed by atoms with Crippen molar-refractivity contribution in [3.8, 4) is 0 Å². The Balaban J connectivity index is 1.78. The first-order valence-corrected chi connectivity index (χ1v) is 8.41. The van der Waals surface area contributed by atoms with Gasteiger partial charge in [0.25, 0.3) is 0 Å². The monoisotopic (exact) mass is 372 g/mol. The molecule has 2 aliphatic heterocycles. The molecule has 1 aromatic carbocycles. The van der Waals surface area contributed by atoms with Gasteiger partial charge in [0.15, 0.2) is 0 Å². The van der Waals surface area contributed by atoms with Crippen LogP contribution in [0, 0.1) is 5.82 Å². The Morgan fingerprint density at radius 1 is 1.57 bits per heavy atom. The fourth-order valence-electron chi connectivity index (χ4n) is 2.82. The molecule has 0 unspecified atom stereocenters. The number of nitrogens with zero attached hydrogens (tertiary/aromatic N) is 1. The Bertz CT molecular complexity index is 627. The predicted octanol–water partition coefficient (Wildman–Crippen LogP) is 2.98. The van der Waals surface area contributed by atoms with Gasteiger partial charge in [-0.15, -0.1) is 11.8 Å². The number of fused-ring (bicyclic) bond motifs is 1. The minimum Gasteiger partial charge on any atom is -0.322 e. The molecule has 0 bridgehead atoms. The molecular weight excluding hydrogens is 359 g/mol. The highest BCUT2D eigenvalue weighted by molar-refractivity contribution is 9.10. The molecule has 4 nitrogen and oxygen atoms in total. The molecule has 112 valence electrons. The number of benzene rings is 1. The van der Waals surface area contributed by atoms with Crippen molar-refractivity contribution in [2.24, 2.45) is 0 Å². The average molecular weight is 373 g/mol. The topological polar surface area (TPSA) is 49.4 Å². The molecule has 0 radical (unpaired) electrons. The third-order valence-electron chi connectivity index (χ3n) is 3.94. The van der Waals surface area contributed by atoms with Gasteiger partial charge >= 0.3 is 0 Å². The highest BCUT2D eigenvalue weighted by Gasteiger charge is 2.52. The van der Waals surface area contributed by atoms with Crippen LogP contribution in [0.2, 0.25) is 0 Å². The summed E-state index contributed by atoms with van der Waals surface area (Å²) in [5.74, 6) is -0.285. The summed E-state index contributed by atoms with van der Waals surface area (Å²) in [5, 5.41) is 2.59. The summed E-state index contributed by atoms with van der Waals surface area (Å²) in [6.07, 6.45) is 1.23. The summed E-state index contributed by atoms with van der Waals surface area (Å²) in [6, 6.07) is 3.93. The first-order valence-electron chi connectivity index (χ1n) is 6.63. The zero-order valence-electron chi connectivity index (χ0n) is 11.4. The summed E-state index contributed by atoms with van der Waals surface area (Å²) in [6.45, 7) is 1.98. The zero-order valence-corrected chi connectivity index (χ0v) is 13.8. The predicted molar refractivity (Wildman–Crippen MR) is 83.5 cm³/mol. The fraction of sp³-hybridized carbons (Fsp3) is 0.429. The van der Waals surface area contributed by atoms with Crippen molar-refractivity contribution in [1.82, 2.24) is 4.90 Å². The highest BCUT2D eigenvalue weighted by Crippen LogP contribution is 2.47. The highest BCUT2D eigenvalue weighted by atomic mass is 79.9. The van der Waals surface area contributed by atoms with Gasteiger partial charge in [-0.3, -0.25) is 9.59 Å². The van der Waals surface area contributed by atoms with Crippen LogP contribution in [-0.4, -0.2) is 33.4 Å². The van der Waals surface area contributed by atoms with Crippen LogP contribution in [-0.2, 0) is 9.59 Å². The maximum Gasteiger partial charge on any atom is 0.248 e. The Labute approximate surface area is 134 Å². The summed E-state index contributed by atoms with van der Waals surface area (Å²) < 4.78 is 14.4. The molecule has 21 heavy (non-hydrogen) atoms. The van der Waals surface area contributed by atoms with Gasteiger partial charge in [0.2, 0.25) is 11.8 Å². The molecule has 2 heterocycles. The number of halogens is 2. The van der Waals surface area contributed by atoms with Crippen molar-refractivity contribution in [3.05, 3.63) is 28.5 Å². The first kappa shape index (κ1) is 14.8. The summed E-state index contributed by atoms with van der Waals surface area (Å²) in [5.41, 5.74) is 0.133. The van der Waals surface area contributed by atoms with Crippen LogP contribution in [0.1, 0.15) is 19.8 Å². The maximum absolute atomic E-state index is 13.8. The Kier molecular flexibility index (Phi) is 3.73. The lowest BCUT2D eigenvalue weighted by atomic mass is 10.2. The van der Waals surface area contributed by atoms with E-state index in [9.17, 15) is 14.0 Å². The Morgan fingerprint density at radius 2 is 2.33 bits per heavy atom. The van der Waals surface area contributed by atoms with E-state index in [1.807, 2.05) is 6.92 Å². The van der Waals surface area contributed by atoms with Crippen molar-refractivity contribution in [2.45, 2.75) is 30.7 Å². The van der Waals surface area contributed by atoms with Gasteiger partial charge < -0.3 is 10.2 Å². The lowest BCUT2D eigenvalue weighted by molar-refractivity contribution is -0.135. The van der Waals surface area contributed by atoms with Gasteiger partial charge in [0.05, 0.1) is 10.6 Å². The molecule has 7 heteroatoms. The molecule has 2 fully saturated rings. The molecule has 1 aromatic rings. The molecular formula is C14H14BrFN2O2S. The van der Waals surface area contributed by atoms with Gasteiger partial charge in [-0.25, -0.2) is 4.39 Å². The molecule has 2 saturated heterocycles. The number of thioether (sulfide) groups is 1. The molecule has 3 rings (SSSR count). The molecule has 0 saturated carbocycles.